The van der Waals surface area contributed by atoms with Gasteiger partial charge in [-0.05, 0) is 13.0 Å². The van der Waals surface area contributed by atoms with Crippen LogP contribution in [-0.4, -0.2) is 9.97 Å². The van der Waals surface area contributed by atoms with E-state index in [0.717, 1.165) is 5.82 Å². The van der Waals surface area contributed by atoms with Gasteiger partial charge in [-0.15, -0.1) is 5.92 Å². The third-order valence-electron chi connectivity index (χ3n) is 1.04. The minimum atomic E-state index is 0.650. The van der Waals surface area contributed by atoms with Crippen molar-refractivity contribution in [3.05, 3.63) is 24.3 Å². The van der Waals surface area contributed by atoms with E-state index < -0.39 is 0 Å². The number of hydrogen-bond acceptors (Lipinski definition) is 2. The molecule has 0 saturated heterocycles. The maximum absolute atomic E-state index is 4.00. The van der Waals surface area contributed by atoms with Crippen LogP contribution in [0.15, 0.2) is 18.5 Å². The van der Waals surface area contributed by atoms with Crippen LogP contribution >= 0.6 is 0 Å². The van der Waals surface area contributed by atoms with E-state index in [0.29, 0.717) is 6.42 Å². The molecule has 0 aromatic carbocycles. The Morgan fingerprint density at radius 2 is 2.10 bits per heavy atom. The molecule has 0 aliphatic heterocycles. The summed E-state index contributed by atoms with van der Waals surface area (Å²) < 4.78 is 0. The molecule has 0 unspecified atom stereocenters. The predicted molar refractivity (Wildman–Crippen MR) is 39.2 cm³/mol. The summed E-state index contributed by atoms with van der Waals surface area (Å²) in [7, 11) is 0. The van der Waals surface area contributed by atoms with E-state index in [9.17, 15) is 0 Å². The maximum Gasteiger partial charge on any atom is 0.140 e. The predicted octanol–water partition coefficient (Wildman–Crippen LogP) is 1.04. The first-order valence-electron chi connectivity index (χ1n) is 3.09. The van der Waals surface area contributed by atoms with Crippen LogP contribution < -0.4 is 0 Å². The number of nitrogens with zero attached hydrogens (tertiary/aromatic N) is 2. The van der Waals surface area contributed by atoms with Gasteiger partial charge in [0.05, 0.1) is 6.42 Å². The molecule has 0 bridgehead atoms. The van der Waals surface area contributed by atoms with Gasteiger partial charge in [-0.1, -0.05) is 5.92 Å². The molecule has 1 heterocycles. The Kier molecular flexibility index (Phi) is 2.45. The summed E-state index contributed by atoms with van der Waals surface area (Å²) in [6.07, 6.45) is 4.09. The summed E-state index contributed by atoms with van der Waals surface area (Å²) >= 11 is 0. The lowest BCUT2D eigenvalue weighted by Crippen LogP contribution is -1.89. The van der Waals surface area contributed by atoms with Crippen molar-refractivity contribution < 1.29 is 0 Å². The smallest absolute Gasteiger partial charge is 0.140 e. The van der Waals surface area contributed by atoms with Crippen molar-refractivity contribution >= 4 is 0 Å². The topological polar surface area (TPSA) is 25.8 Å². The van der Waals surface area contributed by atoms with Gasteiger partial charge in [-0.2, -0.15) is 0 Å². The van der Waals surface area contributed by atoms with Crippen LogP contribution in [0.4, 0.5) is 0 Å². The van der Waals surface area contributed by atoms with Crippen molar-refractivity contribution in [3.8, 4) is 11.8 Å². The highest BCUT2D eigenvalue weighted by atomic mass is 14.8. The van der Waals surface area contributed by atoms with Gasteiger partial charge in [0.2, 0.25) is 0 Å². The molecule has 0 amide bonds. The molecule has 0 aliphatic rings. The average Bonchev–Trinajstić information content (AvgIpc) is 2.03. The van der Waals surface area contributed by atoms with Gasteiger partial charge in [-0.3, -0.25) is 0 Å². The molecule has 2 heteroatoms. The lowest BCUT2D eigenvalue weighted by Gasteiger charge is -1.88. The highest BCUT2D eigenvalue weighted by Crippen LogP contribution is 1.86. The van der Waals surface area contributed by atoms with Gasteiger partial charge in [0.1, 0.15) is 5.82 Å². The van der Waals surface area contributed by atoms with Crippen molar-refractivity contribution in [3.63, 3.8) is 0 Å². The molecule has 10 heavy (non-hydrogen) atoms. The van der Waals surface area contributed by atoms with E-state index in [4.69, 9.17) is 0 Å². The van der Waals surface area contributed by atoms with Crippen LogP contribution in [0.3, 0.4) is 0 Å². The van der Waals surface area contributed by atoms with Crippen LogP contribution in [0.1, 0.15) is 12.7 Å². The summed E-state index contributed by atoms with van der Waals surface area (Å²) in [5.41, 5.74) is 0. The molecule has 1 aromatic rings. The van der Waals surface area contributed by atoms with Crippen molar-refractivity contribution in [1.82, 2.24) is 9.97 Å². The molecular formula is C8H8N2. The third-order valence-corrected chi connectivity index (χ3v) is 1.04. The lowest BCUT2D eigenvalue weighted by atomic mass is 10.4. The third kappa shape index (κ3) is 1.87. The zero-order valence-electron chi connectivity index (χ0n) is 5.83. The van der Waals surface area contributed by atoms with Gasteiger partial charge in [0.25, 0.3) is 0 Å². The summed E-state index contributed by atoms with van der Waals surface area (Å²) in [4.78, 5) is 8.01. The number of rotatable bonds is 1. The van der Waals surface area contributed by atoms with Crippen LogP contribution in [-0.2, 0) is 6.42 Å². The first kappa shape index (κ1) is 6.76. The van der Waals surface area contributed by atoms with Crippen LogP contribution in [0.25, 0.3) is 0 Å². The van der Waals surface area contributed by atoms with E-state index >= 15 is 0 Å². The second-order valence-corrected chi connectivity index (χ2v) is 1.77. The molecule has 0 saturated carbocycles. The van der Waals surface area contributed by atoms with Gasteiger partial charge in [0, 0.05) is 12.4 Å². The quantitative estimate of drug-likeness (QED) is 0.533. The van der Waals surface area contributed by atoms with Crippen molar-refractivity contribution in [2.45, 2.75) is 13.3 Å². The largest absolute Gasteiger partial charge is 0.240 e. The normalized spacial score (nSPS) is 8.10. The first-order valence-corrected chi connectivity index (χ1v) is 3.09. The fourth-order valence-corrected chi connectivity index (χ4v) is 0.589. The molecule has 0 aliphatic carbocycles. The average molecular weight is 132 g/mol. The fourth-order valence-electron chi connectivity index (χ4n) is 0.589. The molecule has 1 rings (SSSR count). The Balaban J connectivity index is 2.64. The van der Waals surface area contributed by atoms with E-state index in [-0.39, 0.29) is 0 Å². The highest BCUT2D eigenvalue weighted by molar-refractivity contribution is 5.04. The Labute approximate surface area is 60.3 Å². The van der Waals surface area contributed by atoms with Gasteiger partial charge < -0.3 is 0 Å². The zero-order valence-corrected chi connectivity index (χ0v) is 5.83. The van der Waals surface area contributed by atoms with Gasteiger partial charge in [0.15, 0.2) is 0 Å². The summed E-state index contributed by atoms with van der Waals surface area (Å²) in [5, 5.41) is 0. The Morgan fingerprint density at radius 3 is 2.70 bits per heavy atom. The second kappa shape index (κ2) is 3.62. The molecule has 0 spiro atoms. The Hall–Kier alpha value is -1.36. The first-order chi connectivity index (χ1) is 4.93. The van der Waals surface area contributed by atoms with Crippen molar-refractivity contribution in [2.24, 2.45) is 0 Å². The van der Waals surface area contributed by atoms with E-state index in [1.807, 2.05) is 6.92 Å². The monoisotopic (exact) mass is 132 g/mol. The van der Waals surface area contributed by atoms with E-state index in [2.05, 4.69) is 21.8 Å². The molecular weight excluding hydrogens is 124 g/mol. The fraction of sp³-hybridized carbons (Fsp3) is 0.250. The van der Waals surface area contributed by atoms with Crippen LogP contribution in [0.2, 0.25) is 0 Å². The van der Waals surface area contributed by atoms with Crippen molar-refractivity contribution in [1.29, 1.82) is 0 Å². The summed E-state index contributed by atoms with van der Waals surface area (Å²) in [6, 6.07) is 1.79. The Bertz CT molecular complexity index is 243. The minimum absolute atomic E-state index is 0.650. The van der Waals surface area contributed by atoms with E-state index in [1.165, 1.54) is 0 Å². The molecule has 2 nitrogen and oxygen atoms in total. The molecule has 50 valence electrons. The SMILES string of the molecule is CC#CCc1ncccn1. The van der Waals surface area contributed by atoms with Gasteiger partial charge >= 0.3 is 0 Å². The second-order valence-electron chi connectivity index (χ2n) is 1.77. The minimum Gasteiger partial charge on any atom is -0.240 e. The zero-order chi connectivity index (χ0) is 7.23. The van der Waals surface area contributed by atoms with Crippen molar-refractivity contribution in [2.75, 3.05) is 0 Å². The van der Waals surface area contributed by atoms with E-state index in [1.54, 1.807) is 18.5 Å². The molecule has 1 aromatic heterocycles. The summed E-state index contributed by atoms with van der Waals surface area (Å²) in [6.45, 7) is 1.81. The lowest BCUT2D eigenvalue weighted by molar-refractivity contribution is 1.00. The standard InChI is InChI=1S/C8H8N2/c1-2-3-5-8-9-6-4-7-10-8/h4,6-7H,5H2,1H3. The van der Waals surface area contributed by atoms with Crippen LogP contribution in [0, 0.1) is 11.8 Å². The summed E-state index contributed by atoms with van der Waals surface area (Å²) in [5.74, 6) is 6.46. The number of aromatic nitrogens is 2. The number of hydrogen-bond donors (Lipinski definition) is 0. The molecule has 0 atom stereocenters. The molecule has 0 fully saturated rings. The Morgan fingerprint density at radius 1 is 1.40 bits per heavy atom. The van der Waals surface area contributed by atoms with Crippen LogP contribution in [0.5, 0.6) is 0 Å². The maximum atomic E-state index is 4.00. The molecule has 0 radical (unpaired) electrons. The van der Waals surface area contributed by atoms with Gasteiger partial charge in [-0.25, -0.2) is 9.97 Å². The molecule has 0 N–H and O–H groups in total. The highest BCUT2D eigenvalue weighted by Gasteiger charge is 1.86.